The lowest BCUT2D eigenvalue weighted by atomic mass is 10.1. The largest absolute Gasteiger partial charge is 0.395 e. The van der Waals surface area contributed by atoms with Gasteiger partial charge in [0.25, 0.3) is 0 Å². The Morgan fingerprint density at radius 2 is 2.06 bits per heavy atom. The van der Waals surface area contributed by atoms with Crippen molar-refractivity contribution < 1.29 is 9.90 Å². The summed E-state index contributed by atoms with van der Waals surface area (Å²) >= 11 is 0. The Kier molecular flexibility index (Phi) is 5.77. The van der Waals surface area contributed by atoms with Crippen LogP contribution in [0.25, 0.3) is 0 Å². The third-order valence-corrected chi connectivity index (χ3v) is 3.14. The van der Waals surface area contributed by atoms with E-state index < -0.39 is 0 Å². The molecule has 0 aromatic carbocycles. The molecule has 0 heterocycles. The molecule has 16 heavy (non-hydrogen) atoms. The summed E-state index contributed by atoms with van der Waals surface area (Å²) in [5.74, 6) is 0.0999. The summed E-state index contributed by atoms with van der Waals surface area (Å²) in [6, 6.07) is 0.822. The monoisotopic (exact) mass is 228 g/mol. The van der Waals surface area contributed by atoms with E-state index in [-0.39, 0.29) is 12.5 Å². The van der Waals surface area contributed by atoms with Crippen LogP contribution in [0.3, 0.4) is 0 Å². The number of carbonyl (C=O) groups is 1. The van der Waals surface area contributed by atoms with E-state index >= 15 is 0 Å². The minimum Gasteiger partial charge on any atom is -0.395 e. The maximum atomic E-state index is 11.7. The van der Waals surface area contributed by atoms with Gasteiger partial charge in [-0.15, -0.1) is 0 Å². The fourth-order valence-corrected chi connectivity index (χ4v) is 2.01. The second-order valence-corrected chi connectivity index (χ2v) is 4.51. The van der Waals surface area contributed by atoms with Crippen LogP contribution in [0.15, 0.2) is 0 Å². The Morgan fingerprint density at radius 1 is 1.44 bits per heavy atom. The molecule has 1 aliphatic carbocycles. The predicted molar refractivity (Wildman–Crippen MR) is 64.2 cm³/mol. The van der Waals surface area contributed by atoms with Crippen molar-refractivity contribution in [2.45, 2.75) is 51.6 Å². The van der Waals surface area contributed by atoms with Gasteiger partial charge in [0.1, 0.15) is 0 Å². The molecule has 4 heteroatoms. The number of hydrogen-bond acceptors (Lipinski definition) is 3. The first kappa shape index (κ1) is 13.5. The van der Waals surface area contributed by atoms with Gasteiger partial charge in [-0.25, -0.2) is 0 Å². The number of nitrogens with one attached hydrogen (secondary N) is 1. The van der Waals surface area contributed by atoms with Crippen molar-refractivity contribution in [2.75, 3.05) is 19.7 Å². The van der Waals surface area contributed by atoms with E-state index in [1.165, 1.54) is 0 Å². The van der Waals surface area contributed by atoms with E-state index in [2.05, 4.69) is 24.1 Å². The molecular weight excluding hydrogens is 204 g/mol. The highest BCUT2D eigenvalue weighted by Crippen LogP contribution is 2.18. The average Bonchev–Trinajstić information content (AvgIpc) is 3.03. The summed E-state index contributed by atoms with van der Waals surface area (Å²) in [5.41, 5.74) is 0. The number of nitrogens with zero attached hydrogens (tertiary/aromatic N) is 1. The first-order chi connectivity index (χ1) is 7.71. The number of carbonyl (C=O) groups excluding carboxylic acids is 1. The summed E-state index contributed by atoms with van der Waals surface area (Å²) in [6.45, 7) is 5.37. The van der Waals surface area contributed by atoms with Crippen LogP contribution in [0, 0.1) is 0 Å². The van der Waals surface area contributed by atoms with E-state index in [1.54, 1.807) is 0 Å². The molecule has 1 rings (SSSR count). The van der Waals surface area contributed by atoms with Crippen molar-refractivity contribution in [2.24, 2.45) is 0 Å². The van der Waals surface area contributed by atoms with Crippen LogP contribution in [0.5, 0.6) is 0 Å². The van der Waals surface area contributed by atoms with E-state index in [4.69, 9.17) is 5.11 Å². The smallest absolute Gasteiger partial charge is 0.234 e. The van der Waals surface area contributed by atoms with Crippen LogP contribution in [0.1, 0.15) is 39.5 Å². The number of aliphatic hydroxyl groups excluding tert-OH is 1. The maximum absolute atomic E-state index is 11.7. The highest BCUT2D eigenvalue weighted by atomic mass is 16.3. The van der Waals surface area contributed by atoms with Crippen LogP contribution in [0.4, 0.5) is 0 Å². The molecule has 0 bridgehead atoms. The summed E-state index contributed by atoms with van der Waals surface area (Å²) in [5, 5.41) is 12.0. The number of aliphatic hydroxyl groups is 1. The lowest BCUT2D eigenvalue weighted by molar-refractivity contribution is -0.123. The molecule has 0 aromatic rings. The SMILES string of the molecule is CCC(CC)N(CCO)CC(=O)NC1CC1. The molecule has 0 unspecified atom stereocenters. The molecule has 4 nitrogen and oxygen atoms in total. The first-order valence-electron chi connectivity index (χ1n) is 6.35. The molecule has 1 fully saturated rings. The molecule has 2 N–H and O–H groups in total. The Labute approximate surface area is 98.0 Å². The van der Waals surface area contributed by atoms with Gasteiger partial charge in [0.15, 0.2) is 0 Å². The topological polar surface area (TPSA) is 52.6 Å². The lowest BCUT2D eigenvalue weighted by Crippen LogP contribution is -2.44. The minimum atomic E-state index is 0.0999. The van der Waals surface area contributed by atoms with E-state index in [1.807, 2.05) is 0 Å². The number of amides is 1. The van der Waals surface area contributed by atoms with Gasteiger partial charge in [-0.2, -0.15) is 0 Å². The van der Waals surface area contributed by atoms with Gasteiger partial charge < -0.3 is 10.4 Å². The Balaban J connectivity index is 2.37. The van der Waals surface area contributed by atoms with Crippen molar-refractivity contribution in [1.29, 1.82) is 0 Å². The van der Waals surface area contributed by atoms with Crippen LogP contribution >= 0.6 is 0 Å². The standard InChI is InChI=1S/C12H24N2O2/c1-3-11(4-2)14(7-8-15)9-12(16)13-10-5-6-10/h10-11,15H,3-9H2,1-2H3,(H,13,16). The van der Waals surface area contributed by atoms with E-state index in [9.17, 15) is 4.79 Å². The summed E-state index contributed by atoms with van der Waals surface area (Å²) in [4.78, 5) is 13.8. The van der Waals surface area contributed by atoms with Gasteiger partial charge in [-0.1, -0.05) is 13.8 Å². The van der Waals surface area contributed by atoms with Gasteiger partial charge in [0.05, 0.1) is 13.2 Å². The third-order valence-electron chi connectivity index (χ3n) is 3.14. The molecule has 0 aromatic heterocycles. The number of rotatable bonds is 8. The fourth-order valence-electron chi connectivity index (χ4n) is 2.01. The molecule has 1 aliphatic rings. The Morgan fingerprint density at radius 3 is 2.50 bits per heavy atom. The van der Waals surface area contributed by atoms with Crippen molar-refractivity contribution in [3.05, 3.63) is 0 Å². The van der Waals surface area contributed by atoms with Gasteiger partial charge >= 0.3 is 0 Å². The molecular formula is C12H24N2O2. The average molecular weight is 228 g/mol. The van der Waals surface area contributed by atoms with Crippen LogP contribution < -0.4 is 5.32 Å². The summed E-state index contributed by atoms with van der Waals surface area (Å²) in [6.07, 6.45) is 4.29. The summed E-state index contributed by atoms with van der Waals surface area (Å²) < 4.78 is 0. The summed E-state index contributed by atoms with van der Waals surface area (Å²) in [7, 11) is 0. The third kappa shape index (κ3) is 4.49. The molecule has 0 saturated heterocycles. The molecule has 0 atom stereocenters. The molecule has 94 valence electrons. The van der Waals surface area contributed by atoms with Crippen LogP contribution in [-0.2, 0) is 4.79 Å². The van der Waals surface area contributed by atoms with Crippen molar-refractivity contribution in [1.82, 2.24) is 10.2 Å². The predicted octanol–water partition coefficient (Wildman–Crippen LogP) is 0.748. The van der Waals surface area contributed by atoms with E-state index in [0.29, 0.717) is 25.2 Å². The zero-order valence-corrected chi connectivity index (χ0v) is 10.4. The van der Waals surface area contributed by atoms with Gasteiger partial charge in [-0.3, -0.25) is 9.69 Å². The highest BCUT2D eigenvalue weighted by Gasteiger charge is 2.25. The normalized spacial score (nSPS) is 15.8. The van der Waals surface area contributed by atoms with Crippen LogP contribution in [-0.4, -0.2) is 47.7 Å². The van der Waals surface area contributed by atoms with E-state index in [0.717, 1.165) is 25.7 Å². The second-order valence-electron chi connectivity index (χ2n) is 4.51. The van der Waals surface area contributed by atoms with Crippen molar-refractivity contribution in [3.63, 3.8) is 0 Å². The highest BCUT2D eigenvalue weighted by molar-refractivity contribution is 5.78. The molecule has 1 amide bonds. The molecule has 0 spiro atoms. The number of hydrogen-bond donors (Lipinski definition) is 2. The molecule has 0 aliphatic heterocycles. The van der Waals surface area contributed by atoms with Gasteiger partial charge in [-0.05, 0) is 25.7 Å². The van der Waals surface area contributed by atoms with Crippen LogP contribution in [0.2, 0.25) is 0 Å². The molecule has 0 radical (unpaired) electrons. The Bertz CT molecular complexity index is 213. The molecule has 1 saturated carbocycles. The van der Waals surface area contributed by atoms with Crippen molar-refractivity contribution >= 4 is 5.91 Å². The quantitative estimate of drug-likeness (QED) is 0.644. The second kappa shape index (κ2) is 6.86. The minimum absolute atomic E-state index is 0.0999. The lowest BCUT2D eigenvalue weighted by Gasteiger charge is -2.29. The fraction of sp³-hybridized carbons (Fsp3) is 0.917. The Hall–Kier alpha value is -0.610. The zero-order valence-electron chi connectivity index (χ0n) is 10.4. The van der Waals surface area contributed by atoms with Gasteiger partial charge in [0, 0.05) is 18.6 Å². The first-order valence-corrected chi connectivity index (χ1v) is 6.35. The van der Waals surface area contributed by atoms with Gasteiger partial charge in [0.2, 0.25) is 5.91 Å². The zero-order chi connectivity index (χ0) is 12.0. The van der Waals surface area contributed by atoms with Crippen molar-refractivity contribution in [3.8, 4) is 0 Å². The maximum Gasteiger partial charge on any atom is 0.234 e.